The van der Waals surface area contributed by atoms with Gasteiger partial charge in [-0.05, 0) is 18.9 Å². The topological polar surface area (TPSA) is 55.4 Å². The second-order valence-electron chi connectivity index (χ2n) is 3.59. The first-order chi connectivity index (χ1) is 7.15. The van der Waals surface area contributed by atoms with E-state index in [4.69, 9.17) is 5.73 Å². The summed E-state index contributed by atoms with van der Waals surface area (Å²) in [4.78, 5) is 15.1. The molecule has 1 atom stereocenters. The van der Waals surface area contributed by atoms with Gasteiger partial charge in [-0.15, -0.1) is 12.4 Å². The van der Waals surface area contributed by atoms with E-state index in [0.717, 1.165) is 5.56 Å². The van der Waals surface area contributed by atoms with Crippen molar-refractivity contribution < 1.29 is 4.79 Å². The zero-order valence-corrected chi connectivity index (χ0v) is 10.5. The summed E-state index contributed by atoms with van der Waals surface area (Å²) in [6.07, 6.45) is 0.704. The highest BCUT2D eigenvalue weighted by Gasteiger charge is 2.26. The number of hydrogen-bond acceptors (Lipinski definition) is 3. The molecule has 1 aliphatic rings. The van der Waals surface area contributed by atoms with Gasteiger partial charge in [0.25, 0.3) is 5.91 Å². The zero-order valence-electron chi connectivity index (χ0n) is 8.84. The second kappa shape index (κ2) is 5.37. The van der Waals surface area contributed by atoms with Gasteiger partial charge in [-0.1, -0.05) is 41.6 Å². The van der Waals surface area contributed by atoms with Crippen molar-refractivity contribution in [3.05, 3.63) is 35.4 Å². The summed E-state index contributed by atoms with van der Waals surface area (Å²) in [6, 6.07) is 8.15. The fraction of sp³-hybridized carbons (Fsp3) is 0.273. The summed E-state index contributed by atoms with van der Waals surface area (Å²) < 4.78 is 0. The maximum Gasteiger partial charge on any atom is 0.261 e. The van der Waals surface area contributed by atoms with Crippen LogP contribution >= 0.6 is 24.2 Å². The molecule has 1 unspecified atom stereocenters. The molecule has 0 spiro atoms. The molecule has 0 aromatic heterocycles. The van der Waals surface area contributed by atoms with Crippen molar-refractivity contribution in [2.24, 2.45) is 10.7 Å². The lowest BCUT2D eigenvalue weighted by Crippen LogP contribution is -2.14. The van der Waals surface area contributed by atoms with Crippen LogP contribution in [0.2, 0.25) is 0 Å². The molecule has 0 fully saturated rings. The van der Waals surface area contributed by atoms with Crippen LogP contribution in [0.5, 0.6) is 0 Å². The van der Waals surface area contributed by atoms with Crippen molar-refractivity contribution in [2.45, 2.75) is 18.6 Å². The third-order valence-electron chi connectivity index (χ3n) is 2.26. The van der Waals surface area contributed by atoms with E-state index in [1.807, 2.05) is 25.1 Å². The van der Waals surface area contributed by atoms with Gasteiger partial charge < -0.3 is 5.73 Å². The van der Waals surface area contributed by atoms with Crippen molar-refractivity contribution in [2.75, 3.05) is 0 Å². The molecule has 1 aromatic carbocycles. The van der Waals surface area contributed by atoms with Crippen molar-refractivity contribution >= 4 is 35.2 Å². The van der Waals surface area contributed by atoms with E-state index in [2.05, 4.69) is 11.1 Å². The number of aliphatic imine (C=N–C) groups is 1. The Morgan fingerprint density at radius 3 is 2.81 bits per heavy atom. The van der Waals surface area contributed by atoms with Gasteiger partial charge in [-0.2, -0.15) is 4.99 Å². The zero-order chi connectivity index (χ0) is 10.8. The van der Waals surface area contributed by atoms with Gasteiger partial charge in [0, 0.05) is 0 Å². The predicted octanol–water partition coefficient (Wildman–Crippen LogP) is 1.92. The molecule has 16 heavy (non-hydrogen) atoms. The molecule has 0 aliphatic carbocycles. The van der Waals surface area contributed by atoms with E-state index in [1.165, 1.54) is 17.3 Å². The summed E-state index contributed by atoms with van der Waals surface area (Å²) in [6.45, 7) is 2.04. The Morgan fingerprint density at radius 1 is 1.50 bits per heavy atom. The minimum Gasteiger partial charge on any atom is -0.378 e. The molecule has 86 valence electrons. The fourth-order valence-corrected chi connectivity index (χ4v) is 2.45. The highest BCUT2D eigenvalue weighted by molar-refractivity contribution is 8.15. The van der Waals surface area contributed by atoms with Crippen molar-refractivity contribution in [1.29, 1.82) is 0 Å². The van der Waals surface area contributed by atoms with Crippen LogP contribution in [0, 0.1) is 6.92 Å². The van der Waals surface area contributed by atoms with Gasteiger partial charge in [-0.3, -0.25) is 4.79 Å². The molecular weight excluding hydrogens is 244 g/mol. The van der Waals surface area contributed by atoms with Gasteiger partial charge in [0.15, 0.2) is 5.17 Å². The van der Waals surface area contributed by atoms with E-state index in [0.29, 0.717) is 11.6 Å². The van der Waals surface area contributed by atoms with E-state index in [9.17, 15) is 4.79 Å². The Balaban J connectivity index is 0.00000128. The largest absolute Gasteiger partial charge is 0.378 e. The van der Waals surface area contributed by atoms with Crippen molar-refractivity contribution in [1.82, 2.24) is 0 Å². The molecule has 2 N–H and O–H groups in total. The summed E-state index contributed by atoms with van der Waals surface area (Å²) >= 11 is 1.35. The first-order valence-corrected chi connectivity index (χ1v) is 5.63. The van der Waals surface area contributed by atoms with Crippen LogP contribution in [0.4, 0.5) is 0 Å². The highest BCUT2D eigenvalue weighted by atomic mass is 35.5. The SMILES string of the molecule is Cc1cccc(CC2SC(N)=NC2=O)c1.Cl. The van der Waals surface area contributed by atoms with Gasteiger partial charge in [-0.25, -0.2) is 0 Å². The Bertz CT molecular complexity index is 434. The Labute approximate surface area is 105 Å². The summed E-state index contributed by atoms with van der Waals surface area (Å²) in [5, 5.41) is 0.254. The number of hydrogen-bond donors (Lipinski definition) is 1. The lowest BCUT2D eigenvalue weighted by Gasteiger charge is -2.06. The van der Waals surface area contributed by atoms with Crippen LogP contribution in [0.1, 0.15) is 11.1 Å². The summed E-state index contributed by atoms with van der Waals surface area (Å²) in [5.41, 5.74) is 7.85. The molecular formula is C11H13ClN2OS. The number of nitrogens with zero attached hydrogens (tertiary/aromatic N) is 1. The number of thioether (sulfide) groups is 1. The van der Waals surface area contributed by atoms with Crippen LogP contribution in [0.3, 0.4) is 0 Å². The maximum atomic E-state index is 11.4. The van der Waals surface area contributed by atoms with Gasteiger partial charge >= 0.3 is 0 Å². The van der Waals surface area contributed by atoms with Crippen molar-refractivity contribution in [3.8, 4) is 0 Å². The quantitative estimate of drug-likeness (QED) is 0.880. The van der Waals surface area contributed by atoms with Gasteiger partial charge in [0.2, 0.25) is 0 Å². The molecule has 0 saturated carbocycles. The van der Waals surface area contributed by atoms with E-state index in [-0.39, 0.29) is 23.6 Å². The molecule has 3 nitrogen and oxygen atoms in total. The normalized spacial score (nSPS) is 19.2. The third kappa shape index (κ3) is 3.00. The molecule has 1 heterocycles. The van der Waals surface area contributed by atoms with Crippen LogP contribution < -0.4 is 5.73 Å². The minimum atomic E-state index is -0.133. The maximum absolute atomic E-state index is 11.4. The number of amides is 1. The molecule has 0 radical (unpaired) electrons. The number of rotatable bonds is 2. The van der Waals surface area contributed by atoms with E-state index >= 15 is 0 Å². The van der Waals surface area contributed by atoms with Crippen LogP contribution in [0.25, 0.3) is 0 Å². The smallest absolute Gasteiger partial charge is 0.261 e. The molecule has 1 amide bonds. The van der Waals surface area contributed by atoms with Crippen LogP contribution in [-0.4, -0.2) is 16.3 Å². The molecule has 1 aliphatic heterocycles. The molecule has 5 heteroatoms. The number of aryl methyl sites for hydroxylation is 1. The first kappa shape index (κ1) is 13.1. The van der Waals surface area contributed by atoms with Gasteiger partial charge in [0.1, 0.15) is 0 Å². The van der Waals surface area contributed by atoms with Gasteiger partial charge in [0.05, 0.1) is 5.25 Å². The number of nitrogens with two attached hydrogens (primary N) is 1. The van der Waals surface area contributed by atoms with E-state index < -0.39 is 0 Å². The molecule has 2 rings (SSSR count). The number of benzene rings is 1. The van der Waals surface area contributed by atoms with E-state index in [1.54, 1.807) is 0 Å². The minimum absolute atomic E-state index is 0. The molecule has 1 aromatic rings. The Hall–Kier alpha value is -1.00. The Morgan fingerprint density at radius 2 is 2.25 bits per heavy atom. The van der Waals surface area contributed by atoms with Crippen LogP contribution in [-0.2, 0) is 11.2 Å². The summed E-state index contributed by atoms with van der Waals surface area (Å²) in [5.74, 6) is -0.112. The first-order valence-electron chi connectivity index (χ1n) is 4.75. The second-order valence-corrected chi connectivity index (χ2v) is 4.81. The third-order valence-corrected chi connectivity index (χ3v) is 3.25. The summed E-state index contributed by atoms with van der Waals surface area (Å²) in [7, 11) is 0. The monoisotopic (exact) mass is 256 g/mol. The van der Waals surface area contributed by atoms with Crippen molar-refractivity contribution in [3.63, 3.8) is 0 Å². The number of carbonyl (C=O) groups excluding carboxylic acids is 1. The average molecular weight is 257 g/mol. The molecule has 0 saturated heterocycles. The number of carbonyl (C=O) groups is 1. The standard InChI is InChI=1S/C11H12N2OS.ClH/c1-7-3-2-4-8(5-7)6-9-10(14)13-11(12)15-9;/h2-5,9H,6H2,1H3,(H2,12,13,14);1H. The van der Waals surface area contributed by atoms with Crippen LogP contribution in [0.15, 0.2) is 29.3 Å². The Kier molecular flexibility index (Phi) is 4.38. The number of amidine groups is 1. The lowest BCUT2D eigenvalue weighted by atomic mass is 10.1. The lowest BCUT2D eigenvalue weighted by molar-refractivity contribution is -0.117. The predicted molar refractivity (Wildman–Crippen MR) is 70.1 cm³/mol. The number of halogens is 1. The fourth-order valence-electron chi connectivity index (χ4n) is 1.59. The highest BCUT2D eigenvalue weighted by Crippen LogP contribution is 2.23. The molecule has 0 bridgehead atoms. The average Bonchev–Trinajstić information content (AvgIpc) is 2.45.